The Morgan fingerprint density at radius 3 is 2.79 bits per heavy atom. The van der Waals surface area contributed by atoms with Gasteiger partial charge in [0.25, 0.3) is 0 Å². The number of nitrogens with two attached hydrogens (primary N) is 1. The van der Waals surface area contributed by atoms with E-state index in [-0.39, 0.29) is 6.04 Å². The first-order chi connectivity index (χ1) is 9.22. The summed E-state index contributed by atoms with van der Waals surface area (Å²) in [4.78, 5) is 0. The molecule has 0 saturated carbocycles. The van der Waals surface area contributed by atoms with Crippen LogP contribution in [0.1, 0.15) is 23.7 Å². The van der Waals surface area contributed by atoms with E-state index in [0.29, 0.717) is 5.88 Å². The fraction of sp³-hybridized carbons (Fsp3) is 0.417. The van der Waals surface area contributed by atoms with Crippen molar-refractivity contribution in [2.24, 2.45) is 12.9 Å². The van der Waals surface area contributed by atoms with Crippen molar-refractivity contribution >= 4 is 0 Å². The number of hydrogen-bond acceptors (Lipinski definition) is 6. The fourth-order valence-corrected chi connectivity index (χ4v) is 1.85. The van der Waals surface area contributed by atoms with E-state index >= 15 is 0 Å². The highest BCUT2D eigenvalue weighted by Gasteiger charge is 2.12. The maximum absolute atomic E-state index is 5.57. The smallest absolute Gasteiger partial charge is 0.233 e. The van der Waals surface area contributed by atoms with E-state index in [0.717, 1.165) is 18.5 Å². The summed E-state index contributed by atoms with van der Waals surface area (Å²) in [6, 6.07) is 3.59. The molecule has 1 atom stereocenters. The molecule has 19 heavy (non-hydrogen) atoms. The molecular weight excluding hydrogens is 244 g/mol. The minimum Gasteiger partial charge on any atom is -0.480 e. The first-order valence-corrected chi connectivity index (χ1v) is 6.04. The van der Waals surface area contributed by atoms with E-state index in [4.69, 9.17) is 10.6 Å². The monoisotopic (exact) mass is 262 g/mol. The first kappa shape index (κ1) is 13.4. The summed E-state index contributed by atoms with van der Waals surface area (Å²) in [5, 5.41) is 12.2. The van der Waals surface area contributed by atoms with Crippen molar-refractivity contribution in [3.8, 4) is 5.88 Å². The number of hydrazine groups is 1. The summed E-state index contributed by atoms with van der Waals surface area (Å²) in [7, 11) is 3.46. The number of aromatic nitrogens is 4. The van der Waals surface area contributed by atoms with Gasteiger partial charge in [-0.25, -0.2) is 0 Å². The molecule has 0 amide bonds. The number of ether oxygens (including phenoxy) is 1. The van der Waals surface area contributed by atoms with Gasteiger partial charge in [0.05, 0.1) is 25.0 Å². The van der Waals surface area contributed by atoms with Crippen LogP contribution < -0.4 is 16.0 Å². The first-order valence-electron chi connectivity index (χ1n) is 6.04. The Morgan fingerprint density at radius 2 is 2.26 bits per heavy atom. The van der Waals surface area contributed by atoms with Gasteiger partial charge < -0.3 is 4.74 Å². The molecule has 0 saturated heterocycles. The lowest BCUT2D eigenvalue weighted by Gasteiger charge is -2.14. The van der Waals surface area contributed by atoms with E-state index < -0.39 is 0 Å². The lowest BCUT2D eigenvalue weighted by molar-refractivity contribution is 0.388. The summed E-state index contributed by atoms with van der Waals surface area (Å²) >= 11 is 0. The zero-order valence-electron chi connectivity index (χ0n) is 11.1. The molecule has 0 spiro atoms. The van der Waals surface area contributed by atoms with Gasteiger partial charge in [0.2, 0.25) is 5.88 Å². The van der Waals surface area contributed by atoms with Gasteiger partial charge in [-0.2, -0.15) is 10.2 Å². The Labute approximate surface area is 111 Å². The average Bonchev–Trinajstić information content (AvgIpc) is 2.86. The van der Waals surface area contributed by atoms with Crippen LogP contribution in [0.15, 0.2) is 24.5 Å². The van der Waals surface area contributed by atoms with E-state index in [1.54, 1.807) is 17.9 Å². The molecular formula is C12H18N6O. The molecule has 2 rings (SSSR count). The zero-order chi connectivity index (χ0) is 13.7. The quantitative estimate of drug-likeness (QED) is 0.577. The van der Waals surface area contributed by atoms with Crippen LogP contribution in [-0.2, 0) is 13.5 Å². The van der Waals surface area contributed by atoms with Crippen LogP contribution in [0.2, 0.25) is 0 Å². The lowest BCUT2D eigenvalue weighted by atomic mass is 10.1. The van der Waals surface area contributed by atoms with Crippen LogP contribution in [0.3, 0.4) is 0 Å². The minimum atomic E-state index is -0.0430. The zero-order valence-corrected chi connectivity index (χ0v) is 11.1. The molecule has 0 fully saturated rings. The minimum absolute atomic E-state index is 0.0430. The fourth-order valence-electron chi connectivity index (χ4n) is 1.85. The van der Waals surface area contributed by atoms with Crippen molar-refractivity contribution < 1.29 is 4.74 Å². The van der Waals surface area contributed by atoms with Crippen molar-refractivity contribution in [2.75, 3.05) is 7.11 Å². The Morgan fingerprint density at radius 1 is 1.42 bits per heavy atom. The summed E-state index contributed by atoms with van der Waals surface area (Å²) in [5.74, 6) is 6.07. The Hall–Kier alpha value is -1.99. The molecule has 0 aliphatic carbocycles. The lowest BCUT2D eigenvalue weighted by Crippen LogP contribution is -2.29. The topological polar surface area (TPSA) is 90.9 Å². The van der Waals surface area contributed by atoms with Crippen molar-refractivity contribution in [1.29, 1.82) is 0 Å². The third-order valence-corrected chi connectivity index (χ3v) is 2.91. The van der Waals surface area contributed by atoms with Gasteiger partial charge in [-0.3, -0.25) is 16.0 Å². The molecule has 0 aliphatic heterocycles. The van der Waals surface area contributed by atoms with E-state index in [2.05, 4.69) is 20.7 Å². The molecule has 7 nitrogen and oxygen atoms in total. The summed E-state index contributed by atoms with van der Waals surface area (Å²) in [5.41, 5.74) is 4.73. The van der Waals surface area contributed by atoms with Crippen LogP contribution >= 0.6 is 0 Å². The van der Waals surface area contributed by atoms with Crippen LogP contribution in [0.5, 0.6) is 5.88 Å². The van der Waals surface area contributed by atoms with E-state index in [1.807, 2.05) is 25.5 Å². The summed E-state index contributed by atoms with van der Waals surface area (Å²) in [6.07, 6.45) is 5.54. The molecule has 1 unspecified atom stereocenters. The van der Waals surface area contributed by atoms with Crippen LogP contribution in [0.4, 0.5) is 0 Å². The molecule has 0 aliphatic rings. The summed E-state index contributed by atoms with van der Waals surface area (Å²) in [6.45, 7) is 0. The van der Waals surface area contributed by atoms with Gasteiger partial charge in [0, 0.05) is 19.3 Å². The maximum atomic E-state index is 5.57. The van der Waals surface area contributed by atoms with Crippen molar-refractivity contribution in [2.45, 2.75) is 18.9 Å². The molecule has 102 valence electrons. The summed E-state index contributed by atoms with van der Waals surface area (Å²) < 4.78 is 6.76. The number of nitrogens with one attached hydrogen (secondary N) is 1. The normalized spacial score (nSPS) is 12.4. The molecule has 0 bridgehead atoms. The van der Waals surface area contributed by atoms with Crippen molar-refractivity contribution in [3.63, 3.8) is 0 Å². The predicted octanol–water partition coefficient (Wildman–Crippen LogP) is 0.356. The van der Waals surface area contributed by atoms with Crippen molar-refractivity contribution in [3.05, 3.63) is 35.8 Å². The van der Waals surface area contributed by atoms with Gasteiger partial charge in [-0.15, -0.1) is 5.10 Å². The van der Waals surface area contributed by atoms with Gasteiger partial charge in [-0.1, -0.05) is 0 Å². The number of hydrogen-bond donors (Lipinski definition) is 2. The molecule has 2 aromatic rings. The molecule has 2 heterocycles. The van der Waals surface area contributed by atoms with Crippen LogP contribution in [0, 0.1) is 0 Å². The number of nitrogens with zero attached hydrogens (tertiary/aromatic N) is 4. The van der Waals surface area contributed by atoms with Crippen molar-refractivity contribution in [1.82, 2.24) is 25.4 Å². The number of aryl methyl sites for hydroxylation is 2. The molecule has 3 N–H and O–H groups in total. The SMILES string of the molecule is COc1ccc(C(CCc2cnn(C)c2)NN)nn1. The Bertz CT molecular complexity index is 509. The highest BCUT2D eigenvalue weighted by molar-refractivity contribution is 5.14. The van der Waals surface area contributed by atoms with Gasteiger partial charge in [0.15, 0.2) is 0 Å². The maximum Gasteiger partial charge on any atom is 0.233 e. The molecule has 0 radical (unpaired) electrons. The van der Waals surface area contributed by atoms with Crippen LogP contribution in [-0.4, -0.2) is 27.1 Å². The largest absolute Gasteiger partial charge is 0.480 e. The molecule has 7 heteroatoms. The third-order valence-electron chi connectivity index (χ3n) is 2.91. The van der Waals surface area contributed by atoms with Crippen LogP contribution in [0.25, 0.3) is 0 Å². The van der Waals surface area contributed by atoms with Gasteiger partial charge >= 0.3 is 0 Å². The molecule has 2 aromatic heterocycles. The Kier molecular flexibility index (Phi) is 4.43. The molecule has 0 aromatic carbocycles. The Balaban J connectivity index is 1.98. The predicted molar refractivity (Wildman–Crippen MR) is 70.2 cm³/mol. The second-order valence-corrected chi connectivity index (χ2v) is 4.28. The van der Waals surface area contributed by atoms with E-state index in [9.17, 15) is 0 Å². The highest BCUT2D eigenvalue weighted by Crippen LogP contribution is 2.17. The second kappa shape index (κ2) is 6.26. The average molecular weight is 262 g/mol. The standard InChI is InChI=1S/C12H18N6O/c1-18-8-9(7-14-18)3-4-10(15-13)11-5-6-12(19-2)17-16-11/h5-8,10,15H,3-4,13H2,1-2H3. The van der Waals surface area contributed by atoms with E-state index in [1.165, 1.54) is 5.56 Å². The van der Waals surface area contributed by atoms with Gasteiger partial charge in [-0.05, 0) is 24.5 Å². The highest BCUT2D eigenvalue weighted by atomic mass is 16.5. The van der Waals surface area contributed by atoms with Gasteiger partial charge in [0.1, 0.15) is 0 Å². The number of methoxy groups -OCH3 is 1. The number of rotatable bonds is 6. The third kappa shape index (κ3) is 3.49. The second-order valence-electron chi connectivity index (χ2n) is 4.28.